The lowest BCUT2D eigenvalue weighted by Crippen LogP contribution is -2.39. The third kappa shape index (κ3) is 8.42. The number of nitrogens with zero attached hydrogens (tertiary/aromatic N) is 2. The standard InChI is InChI=1S/C31H30N4O6S/c1-2-40-27-19-15-26(16-20-27)35(42(38,39)29-11-7-4-8-12-29)22-30(36)34-32-21-24-13-17-28(18-14-24)41-23-31(37)33-25-9-5-3-6-10-25/h3-21H,2,22-23H2,1H3,(H,33,37)(H,34,36)/b32-21-. The first-order valence-corrected chi connectivity index (χ1v) is 14.5. The molecule has 0 aliphatic heterocycles. The van der Waals surface area contributed by atoms with Crippen molar-refractivity contribution in [1.82, 2.24) is 5.43 Å². The molecule has 4 aromatic rings. The number of para-hydroxylation sites is 1. The molecule has 0 fully saturated rings. The highest BCUT2D eigenvalue weighted by molar-refractivity contribution is 7.92. The third-order valence-electron chi connectivity index (χ3n) is 5.76. The van der Waals surface area contributed by atoms with Crippen molar-refractivity contribution >= 4 is 39.4 Å². The molecule has 0 spiro atoms. The lowest BCUT2D eigenvalue weighted by Gasteiger charge is -2.24. The van der Waals surface area contributed by atoms with Gasteiger partial charge >= 0.3 is 0 Å². The van der Waals surface area contributed by atoms with Crippen molar-refractivity contribution in [2.45, 2.75) is 11.8 Å². The monoisotopic (exact) mass is 586 g/mol. The van der Waals surface area contributed by atoms with Crippen molar-refractivity contribution < 1.29 is 27.5 Å². The van der Waals surface area contributed by atoms with Crippen molar-refractivity contribution in [2.75, 3.05) is 29.4 Å². The van der Waals surface area contributed by atoms with E-state index >= 15 is 0 Å². The van der Waals surface area contributed by atoms with Gasteiger partial charge in [-0.05, 0) is 85.3 Å². The first-order chi connectivity index (χ1) is 20.3. The molecule has 0 saturated carbocycles. The molecule has 0 heterocycles. The number of sulfonamides is 1. The van der Waals surface area contributed by atoms with Crippen LogP contribution in [0, 0.1) is 0 Å². The molecule has 0 radical (unpaired) electrons. The summed E-state index contributed by atoms with van der Waals surface area (Å²) in [5, 5.41) is 6.70. The van der Waals surface area contributed by atoms with Gasteiger partial charge in [-0.25, -0.2) is 13.8 Å². The van der Waals surface area contributed by atoms with Crippen LogP contribution in [-0.4, -0.2) is 46.2 Å². The van der Waals surface area contributed by atoms with E-state index < -0.39 is 22.5 Å². The van der Waals surface area contributed by atoms with Crippen molar-refractivity contribution in [3.63, 3.8) is 0 Å². The highest BCUT2D eigenvalue weighted by Gasteiger charge is 2.27. The number of carbonyl (C=O) groups is 2. The Morgan fingerprint density at radius 3 is 2.02 bits per heavy atom. The SMILES string of the molecule is CCOc1ccc(N(CC(=O)N/N=C\c2ccc(OCC(=O)Nc3ccccc3)cc2)S(=O)(=O)c2ccccc2)cc1. The van der Waals surface area contributed by atoms with Crippen LogP contribution in [0.4, 0.5) is 11.4 Å². The number of benzene rings is 4. The predicted octanol–water partition coefficient (Wildman–Crippen LogP) is 4.45. The largest absolute Gasteiger partial charge is 0.494 e. The minimum atomic E-state index is -4.05. The van der Waals surface area contributed by atoms with E-state index in [0.29, 0.717) is 35.0 Å². The molecule has 2 N–H and O–H groups in total. The summed E-state index contributed by atoms with van der Waals surface area (Å²) in [6.07, 6.45) is 1.41. The smallest absolute Gasteiger partial charge is 0.264 e. The van der Waals surface area contributed by atoms with E-state index in [1.807, 2.05) is 25.1 Å². The molecule has 0 aromatic heterocycles. The van der Waals surface area contributed by atoms with E-state index in [-0.39, 0.29) is 17.4 Å². The van der Waals surface area contributed by atoms with Crippen LogP contribution in [0.15, 0.2) is 119 Å². The van der Waals surface area contributed by atoms with Gasteiger partial charge in [0.1, 0.15) is 18.0 Å². The van der Waals surface area contributed by atoms with Gasteiger partial charge in [0.15, 0.2) is 6.61 Å². The quantitative estimate of drug-likeness (QED) is 0.176. The second-order valence-corrected chi connectivity index (χ2v) is 10.7. The normalized spacial score (nSPS) is 11.1. The summed E-state index contributed by atoms with van der Waals surface area (Å²) in [5.41, 5.74) is 4.01. The zero-order chi connectivity index (χ0) is 29.8. The fourth-order valence-electron chi connectivity index (χ4n) is 3.77. The van der Waals surface area contributed by atoms with E-state index in [1.165, 1.54) is 18.3 Å². The molecule has 0 aliphatic rings. The number of amides is 2. The molecule has 0 unspecified atom stereocenters. The van der Waals surface area contributed by atoms with Gasteiger partial charge < -0.3 is 14.8 Å². The van der Waals surface area contributed by atoms with E-state index in [4.69, 9.17) is 9.47 Å². The minimum absolute atomic E-state index is 0.0510. The predicted molar refractivity (Wildman–Crippen MR) is 161 cm³/mol. The van der Waals surface area contributed by atoms with E-state index in [0.717, 1.165) is 4.31 Å². The Kier molecular flexibility index (Phi) is 10.3. The summed E-state index contributed by atoms with van der Waals surface area (Å²) in [4.78, 5) is 24.9. The van der Waals surface area contributed by atoms with Crippen LogP contribution in [0.3, 0.4) is 0 Å². The van der Waals surface area contributed by atoms with Crippen LogP contribution in [0.5, 0.6) is 11.5 Å². The summed E-state index contributed by atoms with van der Waals surface area (Å²) < 4.78 is 38.8. The van der Waals surface area contributed by atoms with Crippen LogP contribution in [0.2, 0.25) is 0 Å². The first kappa shape index (κ1) is 29.8. The number of hydrogen-bond acceptors (Lipinski definition) is 7. The van der Waals surface area contributed by atoms with Crippen LogP contribution in [-0.2, 0) is 19.6 Å². The topological polar surface area (TPSA) is 126 Å². The van der Waals surface area contributed by atoms with Crippen LogP contribution in [0.25, 0.3) is 0 Å². The number of hydrogen-bond donors (Lipinski definition) is 2. The van der Waals surface area contributed by atoms with Gasteiger partial charge in [-0.15, -0.1) is 0 Å². The summed E-state index contributed by atoms with van der Waals surface area (Å²) in [5.74, 6) is 0.142. The van der Waals surface area contributed by atoms with Gasteiger partial charge in [0, 0.05) is 5.69 Å². The van der Waals surface area contributed by atoms with Gasteiger partial charge in [-0.3, -0.25) is 13.9 Å². The van der Waals surface area contributed by atoms with Crippen molar-refractivity contribution in [2.24, 2.45) is 5.10 Å². The van der Waals surface area contributed by atoms with Gasteiger partial charge in [0.05, 0.1) is 23.4 Å². The fourth-order valence-corrected chi connectivity index (χ4v) is 5.21. The highest BCUT2D eigenvalue weighted by atomic mass is 32.2. The Morgan fingerprint density at radius 2 is 1.38 bits per heavy atom. The second kappa shape index (κ2) is 14.5. The number of rotatable bonds is 13. The highest BCUT2D eigenvalue weighted by Crippen LogP contribution is 2.25. The van der Waals surface area contributed by atoms with E-state index in [9.17, 15) is 18.0 Å². The molecule has 0 bridgehead atoms. The van der Waals surface area contributed by atoms with Gasteiger partial charge in [0.2, 0.25) is 0 Å². The zero-order valence-electron chi connectivity index (χ0n) is 22.8. The van der Waals surface area contributed by atoms with Crippen LogP contribution >= 0.6 is 0 Å². The summed E-state index contributed by atoms with van der Waals surface area (Å²) in [7, 11) is -4.05. The van der Waals surface area contributed by atoms with Gasteiger partial charge in [0.25, 0.3) is 21.8 Å². The molecule has 216 valence electrons. The summed E-state index contributed by atoms with van der Waals surface area (Å²) in [6.45, 7) is 1.66. The Morgan fingerprint density at radius 1 is 0.786 bits per heavy atom. The maximum Gasteiger partial charge on any atom is 0.264 e. The summed E-state index contributed by atoms with van der Waals surface area (Å²) >= 11 is 0. The Hall–Kier alpha value is -5.16. The molecule has 42 heavy (non-hydrogen) atoms. The molecular formula is C31H30N4O6S. The maximum absolute atomic E-state index is 13.4. The maximum atomic E-state index is 13.4. The lowest BCUT2D eigenvalue weighted by molar-refractivity contribution is -0.119. The van der Waals surface area contributed by atoms with Gasteiger partial charge in [-0.1, -0.05) is 36.4 Å². The van der Waals surface area contributed by atoms with Crippen molar-refractivity contribution in [3.8, 4) is 11.5 Å². The molecule has 0 aliphatic carbocycles. The van der Waals surface area contributed by atoms with Crippen molar-refractivity contribution in [1.29, 1.82) is 0 Å². The average Bonchev–Trinajstić information content (AvgIpc) is 3.01. The van der Waals surface area contributed by atoms with Gasteiger partial charge in [-0.2, -0.15) is 5.10 Å². The lowest BCUT2D eigenvalue weighted by atomic mass is 10.2. The molecule has 2 amide bonds. The second-order valence-electron chi connectivity index (χ2n) is 8.82. The number of carbonyl (C=O) groups excluding carboxylic acids is 2. The third-order valence-corrected chi connectivity index (χ3v) is 7.55. The van der Waals surface area contributed by atoms with Crippen LogP contribution < -0.4 is 24.5 Å². The molecule has 0 saturated heterocycles. The minimum Gasteiger partial charge on any atom is -0.494 e. The average molecular weight is 587 g/mol. The molecule has 0 atom stereocenters. The number of ether oxygens (including phenoxy) is 2. The Bertz CT molecular complexity index is 1600. The van der Waals surface area contributed by atoms with Crippen LogP contribution in [0.1, 0.15) is 12.5 Å². The van der Waals surface area contributed by atoms with E-state index in [2.05, 4.69) is 15.8 Å². The number of hydrazone groups is 1. The zero-order valence-corrected chi connectivity index (χ0v) is 23.7. The van der Waals surface area contributed by atoms with Crippen molar-refractivity contribution in [3.05, 3.63) is 115 Å². The number of nitrogens with one attached hydrogen (secondary N) is 2. The molecule has 4 rings (SSSR count). The molecule has 4 aromatic carbocycles. The molecule has 10 nitrogen and oxygen atoms in total. The molecule has 11 heteroatoms. The number of anilines is 2. The Labute approximate surface area is 244 Å². The first-order valence-electron chi connectivity index (χ1n) is 13.1. The summed E-state index contributed by atoms with van der Waals surface area (Å²) in [6, 6.07) is 30.1. The fraction of sp³-hybridized carbons (Fsp3) is 0.129. The Balaban J connectivity index is 1.35. The van der Waals surface area contributed by atoms with E-state index in [1.54, 1.807) is 78.9 Å². The molecular weight excluding hydrogens is 556 g/mol.